The van der Waals surface area contributed by atoms with E-state index in [9.17, 15) is 9.90 Å². The molecule has 2 rings (SSSR count). The maximum absolute atomic E-state index is 11.5. The van der Waals surface area contributed by atoms with Gasteiger partial charge in [0.25, 0.3) is 0 Å². The van der Waals surface area contributed by atoms with Crippen LogP contribution >= 0.6 is 15.9 Å². The molecule has 0 fully saturated rings. The summed E-state index contributed by atoms with van der Waals surface area (Å²) in [6, 6.07) is 5.28. The molecule has 1 aromatic carbocycles. The number of ether oxygens (including phenoxy) is 4. The smallest absolute Gasteiger partial charge is 0.166 e. The molecule has 0 unspecified atom stereocenters. The molecule has 1 aromatic heterocycles. The van der Waals surface area contributed by atoms with Crippen molar-refractivity contribution < 1.29 is 28.8 Å². The van der Waals surface area contributed by atoms with Crippen molar-refractivity contribution in [3.05, 3.63) is 40.1 Å². The highest BCUT2D eigenvalue weighted by Gasteiger charge is 2.19. The van der Waals surface area contributed by atoms with Gasteiger partial charge in [0.2, 0.25) is 0 Å². The Balaban J connectivity index is 0.000000527. The van der Waals surface area contributed by atoms with Gasteiger partial charge in [-0.2, -0.15) is 0 Å². The van der Waals surface area contributed by atoms with Gasteiger partial charge in [-0.15, -0.1) is 0 Å². The number of aliphatic hydroxyl groups is 1. The summed E-state index contributed by atoms with van der Waals surface area (Å²) in [5, 5.41) is 9.59. The summed E-state index contributed by atoms with van der Waals surface area (Å²) in [5.41, 5.74) is 2.20. The van der Waals surface area contributed by atoms with Crippen LogP contribution < -0.4 is 9.47 Å². The van der Waals surface area contributed by atoms with E-state index in [4.69, 9.17) is 9.47 Å². The first-order valence-corrected chi connectivity index (χ1v) is 8.77. The second kappa shape index (κ2) is 11.7. The second-order valence-electron chi connectivity index (χ2n) is 5.23. The van der Waals surface area contributed by atoms with E-state index in [-0.39, 0.29) is 12.9 Å². The van der Waals surface area contributed by atoms with Crippen molar-refractivity contribution in [1.29, 1.82) is 0 Å². The third-order valence-electron chi connectivity index (χ3n) is 3.79. The molecule has 0 saturated heterocycles. The van der Waals surface area contributed by atoms with Crippen LogP contribution in [0.15, 0.2) is 29.0 Å². The highest BCUT2D eigenvalue weighted by atomic mass is 79.9. The molecule has 1 N–H and O–H groups in total. The number of hydrogen-bond acceptors (Lipinski definition) is 7. The molecule has 2 aromatic rings. The molecular weight excluding hydrogens is 418 g/mol. The lowest BCUT2D eigenvalue weighted by molar-refractivity contribution is -0.0877. The van der Waals surface area contributed by atoms with E-state index in [1.807, 2.05) is 6.92 Å². The average Bonchev–Trinajstić information content (AvgIpc) is 2.71. The van der Waals surface area contributed by atoms with Crippen LogP contribution in [0.4, 0.5) is 0 Å². The third-order valence-corrected chi connectivity index (χ3v) is 4.22. The topological polar surface area (TPSA) is 87.1 Å². The lowest BCUT2D eigenvalue weighted by Crippen LogP contribution is -2.05. The minimum Gasteiger partial charge on any atom is -0.493 e. The quantitative estimate of drug-likeness (QED) is 0.399. The van der Waals surface area contributed by atoms with E-state index < -0.39 is 0 Å². The van der Waals surface area contributed by atoms with Gasteiger partial charge in [0.15, 0.2) is 24.1 Å². The Bertz CT molecular complexity index is 749. The van der Waals surface area contributed by atoms with Crippen LogP contribution in [0.1, 0.15) is 22.8 Å². The van der Waals surface area contributed by atoms with E-state index in [0.29, 0.717) is 39.1 Å². The maximum atomic E-state index is 11.5. The van der Waals surface area contributed by atoms with Crippen LogP contribution in [0.5, 0.6) is 11.5 Å². The van der Waals surface area contributed by atoms with Crippen molar-refractivity contribution in [2.45, 2.75) is 19.8 Å². The number of aldehydes is 1. The zero-order valence-corrected chi connectivity index (χ0v) is 17.6. The van der Waals surface area contributed by atoms with Crippen molar-refractivity contribution in [2.24, 2.45) is 0 Å². The number of aromatic nitrogens is 1. The van der Waals surface area contributed by atoms with E-state index in [1.54, 1.807) is 38.6 Å². The first-order chi connectivity index (χ1) is 13.0. The number of nitrogens with zero attached hydrogens (tertiary/aromatic N) is 1. The lowest BCUT2D eigenvalue weighted by atomic mass is 9.95. The van der Waals surface area contributed by atoms with Gasteiger partial charge < -0.3 is 24.1 Å². The summed E-state index contributed by atoms with van der Waals surface area (Å²) < 4.78 is 20.5. The zero-order valence-electron chi connectivity index (χ0n) is 16.0. The van der Waals surface area contributed by atoms with Crippen LogP contribution in [-0.2, 0) is 16.1 Å². The number of aliphatic hydroxyl groups excluding tert-OH is 1. The van der Waals surface area contributed by atoms with Crippen molar-refractivity contribution in [3.63, 3.8) is 0 Å². The zero-order chi connectivity index (χ0) is 20.4. The van der Waals surface area contributed by atoms with Gasteiger partial charge in [-0.1, -0.05) is 0 Å². The molecule has 148 valence electrons. The molecule has 0 spiro atoms. The largest absolute Gasteiger partial charge is 0.493 e. The summed E-state index contributed by atoms with van der Waals surface area (Å²) in [5.74, 6) is 0.814. The predicted octanol–water partition coefficient (Wildman–Crippen LogP) is 3.46. The number of halogens is 1. The number of pyridine rings is 1. The molecule has 0 aliphatic heterocycles. The maximum Gasteiger partial charge on any atom is 0.166 e. The first-order valence-electron chi connectivity index (χ1n) is 7.98. The molecule has 7 nitrogen and oxygen atoms in total. The van der Waals surface area contributed by atoms with E-state index in [0.717, 1.165) is 5.56 Å². The van der Waals surface area contributed by atoms with Gasteiger partial charge >= 0.3 is 0 Å². The lowest BCUT2D eigenvalue weighted by Gasteiger charge is -2.17. The van der Waals surface area contributed by atoms with Gasteiger partial charge in [0.05, 0.1) is 20.8 Å². The van der Waals surface area contributed by atoms with E-state index in [2.05, 4.69) is 30.4 Å². The van der Waals surface area contributed by atoms with Crippen molar-refractivity contribution >= 4 is 22.2 Å². The van der Waals surface area contributed by atoms with Crippen LogP contribution in [-0.4, -0.2) is 51.1 Å². The van der Waals surface area contributed by atoms with Crippen LogP contribution in [0, 0.1) is 0 Å². The molecule has 27 heavy (non-hydrogen) atoms. The van der Waals surface area contributed by atoms with E-state index in [1.165, 1.54) is 14.2 Å². The summed E-state index contributed by atoms with van der Waals surface area (Å²) >= 11 is 3.30. The Labute approximate surface area is 167 Å². The Kier molecular flexibility index (Phi) is 9.95. The van der Waals surface area contributed by atoms with Gasteiger partial charge in [-0.05, 0) is 52.2 Å². The SMILES string of the molecule is COC(C)OC.COc1cc(-c2ccnc(Br)c2)c(C=O)c(CO)c1OC. The monoisotopic (exact) mass is 441 g/mol. The fraction of sp³-hybridized carbons (Fsp3) is 0.368. The molecular formula is C19H24BrNO6. The van der Waals surface area contributed by atoms with Gasteiger partial charge in [0, 0.05) is 31.5 Å². The Hall–Kier alpha value is -2.00. The van der Waals surface area contributed by atoms with Crippen LogP contribution in [0.25, 0.3) is 11.1 Å². The van der Waals surface area contributed by atoms with Crippen molar-refractivity contribution in [3.8, 4) is 22.6 Å². The van der Waals surface area contributed by atoms with Crippen molar-refractivity contribution in [2.75, 3.05) is 28.4 Å². The number of rotatable bonds is 7. The highest BCUT2D eigenvalue weighted by Crippen LogP contribution is 2.39. The third kappa shape index (κ3) is 6.00. The molecule has 0 atom stereocenters. The number of carbonyl (C=O) groups is 1. The fourth-order valence-electron chi connectivity index (χ4n) is 2.28. The van der Waals surface area contributed by atoms with Gasteiger partial charge in [-0.25, -0.2) is 4.98 Å². The van der Waals surface area contributed by atoms with Gasteiger partial charge in [-0.3, -0.25) is 4.79 Å². The molecule has 0 aliphatic carbocycles. The van der Waals surface area contributed by atoms with Gasteiger partial charge in [0.1, 0.15) is 4.60 Å². The Morgan fingerprint density at radius 2 is 1.85 bits per heavy atom. The molecule has 8 heteroatoms. The molecule has 0 amide bonds. The molecule has 0 saturated carbocycles. The van der Waals surface area contributed by atoms with Crippen molar-refractivity contribution in [1.82, 2.24) is 4.98 Å². The number of benzene rings is 1. The van der Waals surface area contributed by atoms with E-state index >= 15 is 0 Å². The second-order valence-corrected chi connectivity index (χ2v) is 6.05. The normalized spacial score (nSPS) is 10.2. The minimum absolute atomic E-state index is 0.0648. The minimum atomic E-state index is -0.326. The highest BCUT2D eigenvalue weighted by molar-refractivity contribution is 9.10. The molecule has 1 heterocycles. The predicted molar refractivity (Wildman–Crippen MR) is 105 cm³/mol. The average molecular weight is 442 g/mol. The van der Waals surface area contributed by atoms with Crippen LogP contribution in [0.3, 0.4) is 0 Å². The number of hydrogen-bond donors (Lipinski definition) is 1. The summed E-state index contributed by atoms with van der Waals surface area (Å²) in [4.78, 5) is 15.6. The summed E-state index contributed by atoms with van der Waals surface area (Å²) in [7, 11) is 6.18. The number of methoxy groups -OCH3 is 4. The standard InChI is InChI=1S/C15H14BrNO4.C4H10O2/c1-20-13-6-10(9-3-4-17-14(16)5-9)11(7-18)12(8-19)15(13)21-2;1-4(5-2)6-3/h3-7,19H,8H2,1-2H3;4H,1-3H3. The molecule has 0 aliphatic rings. The number of carbonyl (C=O) groups excluding carboxylic acids is 1. The fourth-order valence-corrected chi connectivity index (χ4v) is 2.64. The first kappa shape index (κ1) is 23.0. The Morgan fingerprint density at radius 1 is 1.19 bits per heavy atom. The summed E-state index contributed by atoms with van der Waals surface area (Å²) in [6.45, 7) is 1.51. The Morgan fingerprint density at radius 3 is 2.26 bits per heavy atom. The molecule has 0 radical (unpaired) electrons. The molecule has 0 bridgehead atoms. The van der Waals surface area contributed by atoms with Crippen LogP contribution in [0.2, 0.25) is 0 Å². The summed E-state index contributed by atoms with van der Waals surface area (Å²) in [6.07, 6.45) is 2.27.